The number of phenols is 1. The third kappa shape index (κ3) is 4.96. The fourth-order valence-corrected chi connectivity index (χ4v) is 2.77. The molecule has 0 aromatic heterocycles. The van der Waals surface area contributed by atoms with Gasteiger partial charge in [-0.25, -0.2) is 0 Å². The van der Waals surface area contributed by atoms with Gasteiger partial charge in [0.2, 0.25) is 0 Å². The summed E-state index contributed by atoms with van der Waals surface area (Å²) in [7, 11) is 3.77. The number of hydrogen-bond acceptors (Lipinski definition) is 4. The number of amides is 2. The van der Waals surface area contributed by atoms with Crippen molar-refractivity contribution in [3.8, 4) is 5.75 Å². The highest BCUT2D eigenvalue weighted by molar-refractivity contribution is 6.35. The molecule has 2 amide bonds. The van der Waals surface area contributed by atoms with E-state index in [2.05, 4.69) is 17.3 Å². The Morgan fingerprint density at radius 2 is 1.87 bits per heavy atom. The Morgan fingerprint density at radius 1 is 1.26 bits per heavy atom. The fourth-order valence-electron chi connectivity index (χ4n) is 2.77. The van der Waals surface area contributed by atoms with E-state index in [1.165, 1.54) is 0 Å². The Labute approximate surface area is 137 Å². The number of phenolic OH excluding ortho intramolecular Hbond substituents is 1. The van der Waals surface area contributed by atoms with Crippen LogP contribution < -0.4 is 5.32 Å². The standard InChI is InChI=1S/C17H25N3O3/c1-19-11-8-14(9-12-19)20(2)17(23)16(22)18-10-7-13-3-5-15(21)6-4-13/h3-6,14,21H,7-12H2,1-2H3,(H,18,22). The molecule has 23 heavy (non-hydrogen) atoms. The topological polar surface area (TPSA) is 72.9 Å². The molecule has 2 N–H and O–H groups in total. The number of carbonyl (C=O) groups excluding carboxylic acids is 2. The lowest BCUT2D eigenvalue weighted by molar-refractivity contribution is -0.146. The third-order valence-corrected chi connectivity index (χ3v) is 4.39. The average molecular weight is 319 g/mol. The van der Waals surface area contributed by atoms with E-state index >= 15 is 0 Å². The van der Waals surface area contributed by atoms with E-state index in [1.54, 1.807) is 36.2 Å². The Hall–Kier alpha value is -2.08. The SMILES string of the molecule is CN1CCC(N(C)C(=O)C(=O)NCCc2ccc(O)cc2)CC1. The van der Waals surface area contributed by atoms with Gasteiger partial charge in [-0.05, 0) is 57.1 Å². The van der Waals surface area contributed by atoms with Crippen molar-refractivity contribution >= 4 is 11.8 Å². The summed E-state index contributed by atoms with van der Waals surface area (Å²) in [6.07, 6.45) is 2.43. The van der Waals surface area contributed by atoms with Crippen LogP contribution in [0.3, 0.4) is 0 Å². The number of carbonyl (C=O) groups is 2. The van der Waals surface area contributed by atoms with Crippen molar-refractivity contribution in [3.63, 3.8) is 0 Å². The average Bonchev–Trinajstić information content (AvgIpc) is 2.56. The smallest absolute Gasteiger partial charge is 0.311 e. The molecule has 0 saturated carbocycles. The predicted molar refractivity (Wildman–Crippen MR) is 88.1 cm³/mol. The van der Waals surface area contributed by atoms with Gasteiger partial charge in [-0.3, -0.25) is 9.59 Å². The maximum Gasteiger partial charge on any atom is 0.311 e. The Balaban J connectivity index is 1.76. The molecular weight excluding hydrogens is 294 g/mol. The van der Waals surface area contributed by atoms with Gasteiger partial charge in [-0.15, -0.1) is 0 Å². The third-order valence-electron chi connectivity index (χ3n) is 4.39. The number of nitrogens with zero attached hydrogens (tertiary/aromatic N) is 2. The summed E-state index contributed by atoms with van der Waals surface area (Å²) < 4.78 is 0. The van der Waals surface area contributed by atoms with Gasteiger partial charge in [0.25, 0.3) is 0 Å². The van der Waals surface area contributed by atoms with Crippen LogP contribution in [0.5, 0.6) is 5.75 Å². The molecule has 1 fully saturated rings. The maximum atomic E-state index is 12.2. The second-order valence-electron chi connectivity index (χ2n) is 6.12. The lowest BCUT2D eigenvalue weighted by Gasteiger charge is -2.34. The molecule has 0 spiro atoms. The Bertz CT molecular complexity index is 537. The van der Waals surface area contributed by atoms with Crippen LogP contribution in [0, 0.1) is 0 Å². The van der Waals surface area contributed by atoms with Crippen molar-refractivity contribution in [2.75, 3.05) is 33.7 Å². The number of likely N-dealkylation sites (N-methyl/N-ethyl adjacent to an activating group) is 1. The first-order valence-corrected chi connectivity index (χ1v) is 7.99. The molecule has 1 aliphatic heterocycles. The normalized spacial score (nSPS) is 16.1. The van der Waals surface area contributed by atoms with Crippen LogP contribution in [0.4, 0.5) is 0 Å². The molecule has 6 nitrogen and oxygen atoms in total. The zero-order chi connectivity index (χ0) is 16.8. The molecule has 1 aliphatic rings. The zero-order valence-electron chi connectivity index (χ0n) is 13.8. The monoisotopic (exact) mass is 319 g/mol. The van der Waals surface area contributed by atoms with Gasteiger partial charge < -0.3 is 20.2 Å². The quantitative estimate of drug-likeness (QED) is 0.797. The summed E-state index contributed by atoms with van der Waals surface area (Å²) in [5.74, 6) is -0.803. The maximum absolute atomic E-state index is 12.2. The molecule has 1 aromatic carbocycles. The molecule has 1 aromatic rings. The van der Waals surface area contributed by atoms with Gasteiger partial charge >= 0.3 is 11.8 Å². The summed E-state index contributed by atoms with van der Waals surface area (Å²) in [5, 5.41) is 11.9. The molecule has 2 rings (SSSR count). The fraction of sp³-hybridized carbons (Fsp3) is 0.529. The lowest BCUT2D eigenvalue weighted by Crippen LogP contribution is -2.49. The van der Waals surface area contributed by atoms with Crippen LogP contribution in [0.15, 0.2) is 24.3 Å². The Kier molecular flexibility index (Phi) is 5.98. The van der Waals surface area contributed by atoms with Crippen molar-refractivity contribution in [1.29, 1.82) is 0 Å². The molecule has 0 radical (unpaired) electrons. The molecule has 0 atom stereocenters. The van der Waals surface area contributed by atoms with Crippen LogP contribution in [0.1, 0.15) is 18.4 Å². The second-order valence-corrected chi connectivity index (χ2v) is 6.12. The first-order chi connectivity index (χ1) is 11.0. The van der Waals surface area contributed by atoms with E-state index in [4.69, 9.17) is 0 Å². The van der Waals surface area contributed by atoms with Crippen molar-refractivity contribution < 1.29 is 14.7 Å². The minimum absolute atomic E-state index is 0.140. The Morgan fingerprint density at radius 3 is 2.48 bits per heavy atom. The molecular formula is C17H25N3O3. The number of likely N-dealkylation sites (tertiary alicyclic amines) is 1. The van der Waals surface area contributed by atoms with E-state index in [1.807, 2.05) is 0 Å². The summed E-state index contributed by atoms with van der Waals surface area (Å²) >= 11 is 0. The minimum atomic E-state index is -0.551. The number of rotatable bonds is 4. The number of nitrogens with one attached hydrogen (secondary N) is 1. The summed E-state index contributed by atoms with van der Waals surface area (Å²) in [6, 6.07) is 6.95. The van der Waals surface area contributed by atoms with Gasteiger partial charge in [0.15, 0.2) is 0 Å². The summed E-state index contributed by atoms with van der Waals surface area (Å²) in [5.41, 5.74) is 0.999. The molecule has 126 valence electrons. The van der Waals surface area contributed by atoms with Crippen molar-refractivity contribution in [3.05, 3.63) is 29.8 Å². The van der Waals surface area contributed by atoms with Crippen molar-refractivity contribution in [2.45, 2.75) is 25.3 Å². The van der Waals surface area contributed by atoms with E-state index < -0.39 is 11.8 Å². The largest absolute Gasteiger partial charge is 0.508 e. The first-order valence-electron chi connectivity index (χ1n) is 7.99. The highest BCUT2D eigenvalue weighted by Gasteiger charge is 2.27. The number of aromatic hydroxyl groups is 1. The van der Waals surface area contributed by atoms with E-state index in [-0.39, 0.29) is 11.8 Å². The number of hydrogen-bond donors (Lipinski definition) is 2. The highest BCUT2D eigenvalue weighted by Crippen LogP contribution is 2.14. The van der Waals surface area contributed by atoms with Crippen LogP contribution in [0.2, 0.25) is 0 Å². The lowest BCUT2D eigenvalue weighted by atomic mass is 10.0. The van der Waals surface area contributed by atoms with Crippen LogP contribution in [-0.2, 0) is 16.0 Å². The van der Waals surface area contributed by atoms with Crippen LogP contribution >= 0.6 is 0 Å². The van der Waals surface area contributed by atoms with Crippen LogP contribution in [-0.4, -0.2) is 66.5 Å². The second kappa shape index (κ2) is 7.97. The van der Waals surface area contributed by atoms with E-state index in [0.717, 1.165) is 31.5 Å². The molecule has 0 bridgehead atoms. The van der Waals surface area contributed by atoms with E-state index in [9.17, 15) is 14.7 Å². The molecule has 0 unspecified atom stereocenters. The van der Waals surface area contributed by atoms with Gasteiger partial charge in [-0.1, -0.05) is 12.1 Å². The van der Waals surface area contributed by atoms with E-state index in [0.29, 0.717) is 13.0 Å². The number of piperidine rings is 1. The van der Waals surface area contributed by atoms with Crippen molar-refractivity contribution in [2.24, 2.45) is 0 Å². The van der Waals surface area contributed by atoms with Crippen LogP contribution in [0.25, 0.3) is 0 Å². The summed E-state index contributed by atoms with van der Waals surface area (Å²) in [4.78, 5) is 28.0. The van der Waals surface area contributed by atoms with Gasteiger partial charge in [-0.2, -0.15) is 0 Å². The minimum Gasteiger partial charge on any atom is -0.508 e. The van der Waals surface area contributed by atoms with Gasteiger partial charge in [0.1, 0.15) is 5.75 Å². The number of benzene rings is 1. The first kappa shape index (κ1) is 17.3. The predicted octanol–water partition coefficient (Wildman–Crippen LogP) is 0.604. The molecule has 6 heteroatoms. The summed E-state index contributed by atoms with van der Waals surface area (Å²) in [6.45, 7) is 2.30. The molecule has 1 saturated heterocycles. The zero-order valence-corrected chi connectivity index (χ0v) is 13.8. The van der Waals surface area contributed by atoms with Crippen molar-refractivity contribution in [1.82, 2.24) is 15.1 Å². The molecule has 1 heterocycles. The molecule has 0 aliphatic carbocycles. The van der Waals surface area contributed by atoms with Gasteiger partial charge in [0, 0.05) is 19.6 Å². The van der Waals surface area contributed by atoms with Gasteiger partial charge in [0.05, 0.1) is 0 Å². The highest BCUT2D eigenvalue weighted by atomic mass is 16.3.